The van der Waals surface area contributed by atoms with Crippen LogP contribution in [0.2, 0.25) is 0 Å². The number of halogens is 1. The summed E-state index contributed by atoms with van der Waals surface area (Å²) in [6, 6.07) is 7.87. The van der Waals surface area contributed by atoms with Gasteiger partial charge < -0.3 is 24.9 Å². The number of aromatic nitrogens is 3. The van der Waals surface area contributed by atoms with Crippen molar-refractivity contribution in [3.63, 3.8) is 0 Å². The number of para-hydroxylation sites is 2. The molecule has 9 heteroatoms. The quantitative estimate of drug-likeness (QED) is 0.274. The summed E-state index contributed by atoms with van der Waals surface area (Å²) in [6.45, 7) is 2.05. The molecule has 0 unspecified atom stereocenters. The van der Waals surface area contributed by atoms with Crippen LogP contribution in [0.15, 0.2) is 41.6 Å². The van der Waals surface area contributed by atoms with Crippen LogP contribution in [0.5, 0.6) is 5.75 Å². The van der Waals surface area contributed by atoms with Crippen LogP contribution in [0.4, 0.5) is 15.8 Å². The van der Waals surface area contributed by atoms with Gasteiger partial charge in [-0.2, -0.15) is 0 Å². The molecule has 3 N–H and O–H groups in total. The standard InChI is InChI=1S/C23H22FN5O3/c24-18-19(25)17-21-23(32-10-4-9-28(21)11-14(12-30)22(17)31)20(18)26-7-3-8-29-13-27-15-5-1-2-6-16(15)29/h1-2,5-6,11-13,26H,3-4,7-10,25H2. The van der Waals surface area contributed by atoms with Crippen LogP contribution in [0.25, 0.3) is 21.9 Å². The fourth-order valence-corrected chi connectivity index (χ4v) is 4.26. The van der Waals surface area contributed by atoms with Gasteiger partial charge in [-0.3, -0.25) is 9.59 Å². The molecule has 2 aromatic carbocycles. The van der Waals surface area contributed by atoms with Gasteiger partial charge in [0.25, 0.3) is 0 Å². The third kappa shape index (κ3) is 3.17. The molecule has 0 amide bonds. The Labute approximate surface area is 182 Å². The molecule has 5 rings (SSSR count). The summed E-state index contributed by atoms with van der Waals surface area (Å²) in [5, 5.41) is 3.10. The van der Waals surface area contributed by atoms with Crippen LogP contribution in [-0.2, 0) is 13.1 Å². The highest BCUT2D eigenvalue weighted by Crippen LogP contribution is 2.41. The van der Waals surface area contributed by atoms with Gasteiger partial charge in [0.1, 0.15) is 5.69 Å². The first-order valence-electron chi connectivity index (χ1n) is 10.5. The molecule has 4 aromatic rings. The average molecular weight is 435 g/mol. The molecule has 164 valence electrons. The number of hydrogen-bond donors (Lipinski definition) is 2. The molecule has 1 aliphatic rings. The van der Waals surface area contributed by atoms with Gasteiger partial charge in [0.05, 0.1) is 46.1 Å². The summed E-state index contributed by atoms with van der Waals surface area (Å²) in [6.07, 6.45) is 5.11. The van der Waals surface area contributed by atoms with E-state index in [2.05, 4.69) is 10.3 Å². The minimum absolute atomic E-state index is 0.0144. The van der Waals surface area contributed by atoms with Crippen LogP contribution in [-0.4, -0.2) is 33.6 Å². The number of anilines is 2. The number of aryl methyl sites for hydroxylation is 2. The zero-order chi connectivity index (χ0) is 22.2. The fourth-order valence-electron chi connectivity index (χ4n) is 4.26. The van der Waals surface area contributed by atoms with E-state index in [1.807, 2.05) is 28.8 Å². The van der Waals surface area contributed by atoms with Crippen LogP contribution in [0, 0.1) is 5.82 Å². The van der Waals surface area contributed by atoms with Crippen molar-refractivity contribution in [3.05, 3.63) is 58.4 Å². The van der Waals surface area contributed by atoms with Crippen LogP contribution >= 0.6 is 0 Å². The van der Waals surface area contributed by atoms with Gasteiger partial charge in [-0.15, -0.1) is 0 Å². The van der Waals surface area contributed by atoms with Crippen molar-refractivity contribution >= 4 is 39.6 Å². The number of nitrogen functional groups attached to an aromatic ring is 1. The second-order valence-corrected chi connectivity index (χ2v) is 7.79. The number of rotatable bonds is 6. The monoisotopic (exact) mass is 435 g/mol. The van der Waals surface area contributed by atoms with Gasteiger partial charge in [-0.25, -0.2) is 9.37 Å². The molecule has 0 bridgehead atoms. The summed E-state index contributed by atoms with van der Waals surface area (Å²) >= 11 is 0. The Balaban J connectivity index is 1.47. The maximum Gasteiger partial charge on any atom is 0.202 e. The largest absolute Gasteiger partial charge is 0.489 e. The lowest BCUT2D eigenvalue weighted by atomic mass is 10.1. The molecule has 0 saturated heterocycles. The zero-order valence-electron chi connectivity index (χ0n) is 17.3. The van der Waals surface area contributed by atoms with E-state index in [1.165, 1.54) is 6.20 Å². The number of fused-ring (bicyclic) bond motifs is 1. The summed E-state index contributed by atoms with van der Waals surface area (Å²) in [5.74, 6) is -0.485. The number of pyridine rings is 1. The Hall–Kier alpha value is -3.88. The first-order chi connectivity index (χ1) is 15.6. The second kappa shape index (κ2) is 7.99. The second-order valence-electron chi connectivity index (χ2n) is 7.79. The summed E-state index contributed by atoms with van der Waals surface area (Å²) in [7, 11) is 0. The molecule has 32 heavy (non-hydrogen) atoms. The van der Waals surface area contributed by atoms with E-state index in [9.17, 15) is 9.59 Å². The molecule has 0 radical (unpaired) electrons. The Bertz CT molecular complexity index is 1410. The third-order valence-corrected chi connectivity index (χ3v) is 5.80. The number of nitrogens with one attached hydrogen (secondary N) is 1. The van der Waals surface area contributed by atoms with Crippen molar-refractivity contribution in [3.8, 4) is 5.75 Å². The average Bonchev–Trinajstić information content (AvgIpc) is 3.10. The van der Waals surface area contributed by atoms with Crippen LogP contribution in [0.1, 0.15) is 23.2 Å². The lowest BCUT2D eigenvalue weighted by Gasteiger charge is -2.19. The smallest absolute Gasteiger partial charge is 0.202 e. The highest BCUT2D eigenvalue weighted by Gasteiger charge is 2.26. The molecule has 2 aromatic heterocycles. The van der Waals surface area contributed by atoms with Crippen molar-refractivity contribution in [1.29, 1.82) is 0 Å². The van der Waals surface area contributed by atoms with Crippen molar-refractivity contribution < 1.29 is 13.9 Å². The van der Waals surface area contributed by atoms with Gasteiger partial charge in [0.2, 0.25) is 5.43 Å². The van der Waals surface area contributed by atoms with E-state index in [0.717, 1.165) is 11.0 Å². The Morgan fingerprint density at radius 1 is 1.31 bits per heavy atom. The molecule has 0 fully saturated rings. The van der Waals surface area contributed by atoms with Crippen molar-refractivity contribution in [1.82, 2.24) is 14.1 Å². The number of hydrogen-bond acceptors (Lipinski definition) is 6. The first-order valence-corrected chi connectivity index (χ1v) is 10.5. The number of benzene rings is 2. The predicted octanol–water partition coefficient (Wildman–Crippen LogP) is 3.17. The third-order valence-electron chi connectivity index (χ3n) is 5.80. The normalized spacial score (nSPS) is 13.2. The lowest BCUT2D eigenvalue weighted by molar-refractivity contribution is 0.112. The lowest BCUT2D eigenvalue weighted by Crippen LogP contribution is -2.18. The summed E-state index contributed by atoms with van der Waals surface area (Å²) < 4.78 is 24.9. The Morgan fingerprint density at radius 2 is 2.16 bits per heavy atom. The number of imidazole rings is 1. The van der Waals surface area contributed by atoms with E-state index < -0.39 is 11.2 Å². The van der Waals surface area contributed by atoms with Gasteiger partial charge in [-0.1, -0.05) is 12.1 Å². The molecule has 0 spiro atoms. The fraction of sp³-hybridized carbons (Fsp3) is 0.261. The van der Waals surface area contributed by atoms with Gasteiger partial charge in [0.15, 0.2) is 17.9 Å². The Kier molecular flexibility index (Phi) is 5.01. The van der Waals surface area contributed by atoms with E-state index in [1.54, 1.807) is 10.9 Å². The number of carbonyl (C=O) groups is 1. The number of ether oxygens (including phenoxy) is 1. The van der Waals surface area contributed by atoms with Gasteiger partial charge >= 0.3 is 0 Å². The summed E-state index contributed by atoms with van der Waals surface area (Å²) in [4.78, 5) is 28.5. The maximum atomic E-state index is 15.3. The van der Waals surface area contributed by atoms with Crippen molar-refractivity contribution in [2.75, 3.05) is 24.2 Å². The van der Waals surface area contributed by atoms with E-state index in [0.29, 0.717) is 50.9 Å². The highest BCUT2D eigenvalue weighted by atomic mass is 19.1. The topological polar surface area (TPSA) is 104 Å². The van der Waals surface area contributed by atoms with Gasteiger partial charge in [-0.05, 0) is 25.0 Å². The van der Waals surface area contributed by atoms with E-state index in [-0.39, 0.29) is 28.1 Å². The molecular formula is C23H22FN5O3. The molecule has 0 aliphatic carbocycles. The number of aldehydes is 1. The van der Waals surface area contributed by atoms with Crippen molar-refractivity contribution in [2.45, 2.75) is 25.9 Å². The number of carbonyl (C=O) groups excluding carboxylic acids is 1. The molecular weight excluding hydrogens is 413 g/mol. The predicted molar refractivity (Wildman–Crippen MR) is 121 cm³/mol. The highest BCUT2D eigenvalue weighted by molar-refractivity contribution is 6.01. The SMILES string of the molecule is Nc1c(F)c(NCCCn2cnc3ccccc32)c2c3c1c(=O)c(C=O)cn3CCCO2. The molecule has 1 aliphatic heterocycles. The molecule has 0 saturated carbocycles. The molecule has 0 atom stereocenters. The van der Waals surface area contributed by atoms with Crippen LogP contribution < -0.4 is 21.2 Å². The number of nitrogens with two attached hydrogens (primary N) is 1. The summed E-state index contributed by atoms with van der Waals surface area (Å²) in [5.41, 5.74) is 7.65. The van der Waals surface area contributed by atoms with Crippen molar-refractivity contribution in [2.24, 2.45) is 0 Å². The minimum Gasteiger partial charge on any atom is -0.489 e. The minimum atomic E-state index is -0.742. The molecule has 3 heterocycles. The van der Waals surface area contributed by atoms with E-state index >= 15 is 4.39 Å². The molecule has 8 nitrogen and oxygen atoms in total. The van der Waals surface area contributed by atoms with Gasteiger partial charge in [0, 0.05) is 25.8 Å². The van der Waals surface area contributed by atoms with Crippen LogP contribution in [0.3, 0.4) is 0 Å². The number of nitrogens with zero attached hydrogens (tertiary/aromatic N) is 3. The maximum absolute atomic E-state index is 15.3. The zero-order valence-corrected chi connectivity index (χ0v) is 17.3. The van der Waals surface area contributed by atoms with E-state index in [4.69, 9.17) is 10.5 Å². The first kappa shape index (κ1) is 20.0. The Morgan fingerprint density at radius 3 is 3.00 bits per heavy atom.